The summed E-state index contributed by atoms with van der Waals surface area (Å²) in [5, 5.41) is 15.1. The summed E-state index contributed by atoms with van der Waals surface area (Å²) in [5.41, 5.74) is 2.83. The van der Waals surface area contributed by atoms with Gasteiger partial charge in [0, 0.05) is 19.3 Å². The molecular weight excluding hydrogens is 404 g/mol. The maximum absolute atomic E-state index is 12.1. The number of anilines is 3. The van der Waals surface area contributed by atoms with Crippen molar-refractivity contribution in [2.24, 2.45) is 0 Å². The molecule has 0 saturated carbocycles. The molecule has 0 unspecified atom stereocenters. The third-order valence-electron chi connectivity index (χ3n) is 4.88. The van der Waals surface area contributed by atoms with E-state index in [1.807, 2.05) is 78.6 Å². The Morgan fingerprint density at radius 1 is 0.906 bits per heavy atom. The monoisotopic (exact) mass is 426 g/mol. The fourth-order valence-electron chi connectivity index (χ4n) is 3.40. The highest BCUT2D eigenvalue weighted by atomic mass is 16.6. The second-order valence-electron chi connectivity index (χ2n) is 7.32. The smallest absolute Gasteiger partial charge is 0.342 e. The lowest BCUT2D eigenvalue weighted by molar-refractivity contribution is -0.383. The maximum Gasteiger partial charge on any atom is 0.353 e. The predicted octanol–water partition coefficient (Wildman–Crippen LogP) is 5.04. The van der Waals surface area contributed by atoms with Crippen LogP contribution in [0, 0.1) is 17.0 Å². The number of benzene rings is 2. The number of nitro groups is 1. The Morgan fingerprint density at radius 2 is 1.53 bits per heavy atom. The normalized spacial score (nSPS) is 10.5. The number of hydrogen-bond acceptors (Lipinski definition) is 7. The van der Waals surface area contributed by atoms with Gasteiger partial charge in [0.25, 0.3) is 0 Å². The van der Waals surface area contributed by atoms with Crippen LogP contribution in [0.25, 0.3) is 0 Å². The van der Waals surface area contributed by atoms with E-state index in [-0.39, 0.29) is 17.3 Å². The Labute approximate surface area is 185 Å². The molecule has 8 nitrogen and oxygen atoms in total. The average Bonchev–Trinajstić information content (AvgIpc) is 2.80. The van der Waals surface area contributed by atoms with Crippen LogP contribution >= 0.6 is 0 Å². The Balaban J connectivity index is 1.76. The molecule has 0 atom stereocenters. The molecule has 32 heavy (non-hydrogen) atoms. The molecule has 0 aliphatic rings. The number of nitrogens with zero attached hydrogens (tertiary/aromatic N) is 5. The highest BCUT2D eigenvalue weighted by Gasteiger charge is 2.27. The van der Waals surface area contributed by atoms with Crippen LogP contribution in [0.5, 0.6) is 0 Å². The largest absolute Gasteiger partial charge is 0.353 e. The van der Waals surface area contributed by atoms with Crippen LogP contribution in [-0.2, 0) is 13.1 Å². The van der Waals surface area contributed by atoms with Gasteiger partial charge in [-0.25, -0.2) is 15.0 Å². The standard InChI is InChI=1S/C24H22N6O2/c1-18-12-13-25-21(14-18)28-23-22(30(31)32)24(27-17-26-23)29(15-19-8-4-2-5-9-19)16-20-10-6-3-7-11-20/h2-14,17H,15-16H2,1H3,(H,25,26,27,28). The van der Waals surface area contributed by atoms with E-state index in [1.165, 1.54) is 6.33 Å². The summed E-state index contributed by atoms with van der Waals surface area (Å²) in [4.78, 5) is 26.3. The minimum atomic E-state index is -0.448. The molecular formula is C24H22N6O2. The summed E-state index contributed by atoms with van der Waals surface area (Å²) in [5.74, 6) is 0.826. The van der Waals surface area contributed by atoms with Crippen LogP contribution in [-0.4, -0.2) is 19.9 Å². The van der Waals surface area contributed by atoms with E-state index in [0.29, 0.717) is 18.9 Å². The summed E-state index contributed by atoms with van der Waals surface area (Å²) in [6.45, 7) is 2.83. The highest BCUT2D eigenvalue weighted by molar-refractivity contribution is 5.73. The number of rotatable bonds is 8. The first-order valence-electron chi connectivity index (χ1n) is 10.1. The minimum absolute atomic E-state index is 0.101. The van der Waals surface area contributed by atoms with Crippen LogP contribution in [0.2, 0.25) is 0 Å². The van der Waals surface area contributed by atoms with E-state index in [4.69, 9.17) is 0 Å². The first-order chi connectivity index (χ1) is 15.6. The van der Waals surface area contributed by atoms with Crippen molar-refractivity contribution in [1.82, 2.24) is 15.0 Å². The average molecular weight is 426 g/mol. The lowest BCUT2D eigenvalue weighted by Crippen LogP contribution is -2.24. The molecule has 2 aromatic carbocycles. The number of aromatic nitrogens is 3. The summed E-state index contributed by atoms with van der Waals surface area (Å²) in [6.07, 6.45) is 2.98. The van der Waals surface area contributed by atoms with Gasteiger partial charge < -0.3 is 10.2 Å². The van der Waals surface area contributed by atoms with Crippen molar-refractivity contribution < 1.29 is 4.92 Å². The van der Waals surface area contributed by atoms with E-state index in [0.717, 1.165) is 16.7 Å². The maximum atomic E-state index is 12.1. The number of aryl methyl sites for hydroxylation is 1. The van der Waals surface area contributed by atoms with Crippen LogP contribution in [0.4, 0.5) is 23.1 Å². The van der Waals surface area contributed by atoms with Crippen LogP contribution in [0.15, 0.2) is 85.3 Å². The molecule has 2 heterocycles. The zero-order chi connectivity index (χ0) is 22.3. The van der Waals surface area contributed by atoms with Crippen LogP contribution in [0.1, 0.15) is 16.7 Å². The third-order valence-corrected chi connectivity index (χ3v) is 4.88. The molecule has 0 radical (unpaired) electrons. The van der Waals surface area contributed by atoms with Gasteiger partial charge in [0.05, 0.1) is 4.92 Å². The summed E-state index contributed by atoms with van der Waals surface area (Å²) in [6, 6.07) is 23.3. The van der Waals surface area contributed by atoms with Crippen molar-refractivity contribution >= 4 is 23.1 Å². The van der Waals surface area contributed by atoms with Gasteiger partial charge in [0.2, 0.25) is 11.6 Å². The molecule has 1 N–H and O–H groups in total. The van der Waals surface area contributed by atoms with Gasteiger partial charge >= 0.3 is 5.69 Å². The molecule has 0 amide bonds. The van der Waals surface area contributed by atoms with Gasteiger partial charge in [-0.15, -0.1) is 0 Å². The second kappa shape index (κ2) is 9.65. The van der Waals surface area contributed by atoms with Crippen molar-refractivity contribution in [3.05, 3.63) is 112 Å². The van der Waals surface area contributed by atoms with Gasteiger partial charge in [-0.3, -0.25) is 10.1 Å². The first-order valence-corrected chi connectivity index (χ1v) is 10.1. The fraction of sp³-hybridized carbons (Fsp3) is 0.125. The lowest BCUT2D eigenvalue weighted by atomic mass is 10.1. The van der Waals surface area contributed by atoms with Gasteiger partial charge in [0.15, 0.2) is 0 Å². The summed E-state index contributed by atoms with van der Waals surface area (Å²) < 4.78 is 0. The molecule has 8 heteroatoms. The van der Waals surface area contributed by atoms with Crippen molar-refractivity contribution in [3.63, 3.8) is 0 Å². The molecule has 0 saturated heterocycles. The molecule has 0 bridgehead atoms. The zero-order valence-corrected chi connectivity index (χ0v) is 17.5. The number of hydrogen-bond donors (Lipinski definition) is 1. The minimum Gasteiger partial charge on any atom is -0.342 e. The van der Waals surface area contributed by atoms with Gasteiger partial charge in [-0.1, -0.05) is 60.7 Å². The number of pyridine rings is 1. The van der Waals surface area contributed by atoms with E-state index in [9.17, 15) is 10.1 Å². The van der Waals surface area contributed by atoms with Crippen molar-refractivity contribution in [2.75, 3.05) is 10.2 Å². The SMILES string of the molecule is Cc1ccnc(Nc2ncnc(N(Cc3ccccc3)Cc3ccccc3)c2[N+](=O)[O-])c1. The molecule has 0 aliphatic carbocycles. The first kappa shape index (κ1) is 20.9. The quantitative estimate of drug-likeness (QED) is 0.311. The molecule has 0 fully saturated rings. The molecule has 4 aromatic rings. The van der Waals surface area contributed by atoms with Crippen molar-refractivity contribution in [2.45, 2.75) is 20.0 Å². The van der Waals surface area contributed by atoms with E-state index < -0.39 is 4.92 Å². The highest BCUT2D eigenvalue weighted by Crippen LogP contribution is 2.34. The molecule has 0 aliphatic heterocycles. The number of nitrogens with one attached hydrogen (secondary N) is 1. The predicted molar refractivity (Wildman–Crippen MR) is 124 cm³/mol. The second-order valence-corrected chi connectivity index (χ2v) is 7.32. The lowest BCUT2D eigenvalue weighted by Gasteiger charge is -2.24. The van der Waals surface area contributed by atoms with E-state index in [1.54, 1.807) is 12.3 Å². The Morgan fingerprint density at radius 3 is 2.09 bits per heavy atom. The van der Waals surface area contributed by atoms with E-state index in [2.05, 4.69) is 20.3 Å². The molecule has 4 rings (SSSR count). The van der Waals surface area contributed by atoms with Gasteiger partial charge in [-0.2, -0.15) is 0 Å². The Kier molecular flexibility index (Phi) is 6.31. The van der Waals surface area contributed by atoms with Gasteiger partial charge in [-0.05, 0) is 35.7 Å². The summed E-state index contributed by atoms with van der Waals surface area (Å²) in [7, 11) is 0. The van der Waals surface area contributed by atoms with Crippen molar-refractivity contribution in [1.29, 1.82) is 0 Å². The molecule has 0 spiro atoms. The van der Waals surface area contributed by atoms with Crippen molar-refractivity contribution in [3.8, 4) is 0 Å². The molecule has 160 valence electrons. The topological polar surface area (TPSA) is 97.1 Å². The Hall–Kier alpha value is -4.33. The third kappa shape index (κ3) is 5.04. The fourth-order valence-corrected chi connectivity index (χ4v) is 3.40. The summed E-state index contributed by atoms with van der Waals surface area (Å²) >= 11 is 0. The van der Waals surface area contributed by atoms with Crippen LogP contribution in [0.3, 0.4) is 0 Å². The Bertz CT molecular complexity index is 1160. The zero-order valence-electron chi connectivity index (χ0n) is 17.5. The van der Waals surface area contributed by atoms with Gasteiger partial charge in [0.1, 0.15) is 12.1 Å². The van der Waals surface area contributed by atoms with Crippen LogP contribution < -0.4 is 10.2 Å². The van der Waals surface area contributed by atoms with E-state index >= 15 is 0 Å². The molecule has 2 aromatic heterocycles.